The number of rotatable bonds is 4. The molecule has 1 N–H and O–H groups in total. The van der Waals surface area contributed by atoms with Crippen molar-refractivity contribution in [2.75, 3.05) is 12.4 Å². The summed E-state index contributed by atoms with van der Waals surface area (Å²) >= 11 is 0. The average molecular weight is 358 g/mol. The number of nitrogens with one attached hydrogen (secondary N) is 1. The molecule has 1 amide bonds. The van der Waals surface area contributed by atoms with Gasteiger partial charge in [0.2, 0.25) is 0 Å². The fourth-order valence-electron chi connectivity index (χ4n) is 2.99. The van der Waals surface area contributed by atoms with Gasteiger partial charge in [0.1, 0.15) is 11.3 Å². The van der Waals surface area contributed by atoms with Crippen molar-refractivity contribution in [1.82, 2.24) is 14.6 Å². The second-order valence-electron chi connectivity index (χ2n) is 6.15. The Kier molecular flexibility index (Phi) is 4.30. The molecule has 0 fully saturated rings. The third-order valence-corrected chi connectivity index (χ3v) is 4.32. The Hall–Kier alpha value is -3.67. The van der Waals surface area contributed by atoms with Gasteiger partial charge < -0.3 is 10.1 Å². The summed E-state index contributed by atoms with van der Waals surface area (Å²) in [5.74, 6) is 0.315. The number of ether oxygens (including phenoxy) is 1. The van der Waals surface area contributed by atoms with Crippen LogP contribution in [0.4, 0.5) is 5.69 Å². The predicted octanol–water partition coefficient (Wildman–Crippen LogP) is 3.97. The average Bonchev–Trinajstić information content (AvgIpc) is 3.13. The lowest BCUT2D eigenvalue weighted by atomic mass is 10.1. The first kappa shape index (κ1) is 16.8. The van der Waals surface area contributed by atoms with Crippen molar-refractivity contribution in [2.45, 2.75) is 6.92 Å². The van der Waals surface area contributed by atoms with Crippen molar-refractivity contribution in [3.63, 3.8) is 0 Å². The molecule has 2 heterocycles. The predicted molar refractivity (Wildman–Crippen MR) is 104 cm³/mol. The molecule has 0 spiro atoms. The lowest BCUT2D eigenvalue weighted by Crippen LogP contribution is -2.13. The molecule has 0 aliphatic rings. The normalized spacial score (nSPS) is 10.7. The van der Waals surface area contributed by atoms with Crippen LogP contribution in [0.2, 0.25) is 0 Å². The van der Waals surface area contributed by atoms with Crippen LogP contribution in [-0.4, -0.2) is 27.6 Å². The Balaban J connectivity index is 1.73. The van der Waals surface area contributed by atoms with Crippen LogP contribution in [0.1, 0.15) is 15.9 Å². The Morgan fingerprint density at radius 1 is 1.11 bits per heavy atom. The quantitative estimate of drug-likeness (QED) is 0.599. The van der Waals surface area contributed by atoms with E-state index in [-0.39, 0.29) is 5.91 Å². The maximum Gasteiger partial charge on any atom is 0.261 e. The fraction of sp³-hybridized carbons (Fsp3) is 0.0952. The summed E-state index contributed by atoms with van der Waals surface area (Å²) in [5, 5.41) is 7.28. The number of aromatic nitrogens is 3. The zero-order valence-electron chi connectivity index (χ0n) is 15.0. The van der Waals surface area contributed by atoms with Crippen LogP contribution in [0.25, 0.3) is 16.9 Å². The lowest BCUT2D eigenvalue weighted by molar-refractivity contribution is 0.102. The minimum Gasteiger partial charge on any atom is -0.495 e. The molecule has 0 aliphatic heterocycles. The summed E-state index contributed by atoms with van der Waals surface area (Å²) in [4.78, 5) is 17.2. The van der Waals surface area contributed by atoms with Crippen molar-refractivity contribution in [1.29, 1.82) is 0 Å². The van der Waals surface area contributed by atoms with E-state index < -0.39 is 0 Å². The van der Waals surface area contributed by atoms with Crippen LogP contribution >= 0.6 is 0 Å². The number of benzene rings is 2. The van der Waals surface area contributed by atoms with E-state index in [2.05, 4.69) is 15.4 Å². The Labute approximate surface area is 156 Å². The molecule has 2 aromatic carbocycles. The summed E-state index contributed by atoms with van der Waals surface area (Å²) in [7, 11) is 1.57. The van der Waals surface area contributed by atoms with Gasteiger partial charge in [0.25, 0.3) is 5.91 Å². The molecule has 0 unspecified atom stereocenters. The molecule has 0 atom stereocenters. The van der Waals surface area contributed by atoms with E-state index in [1.54, 1.807) is 17.8 Å². The highest BCUT2D eigenvalue weighted by molar-refractivity contribution is 6.08. The molecule has 6 heteroatoms. The first-order valence-electron chi connectivity index (χ1n) is 8.51. The largest absolute Gasteiger partial charge is 0.495 e. The summed E-state index contributed by atoms with van der Waals surface area (Å²) in [6.07, 6.45) is 3.22. The van der Waals surface area contributed by atoms with Crippen LogP contribution < -0.4 is 10.1 Å². The van der Waals surface area contributed by atoms with Crippen molar-refractivity contribution < 1.29 is 9.53 Å². The number of hydrogen-bond acceptors (Lipinski definition) is 4. The van der Waals surface area contributed by atoms with Crippen LogP contribution in [0.3, 0.4) is 0 Å². The molecular weight excluding hydrogens is 340 g/mol. The first-order chi connectivity index (χ1) is 13.2. The van der Waals surface area contributed by atoms with Crippen molar-refractivity contribution in [3.8, 4) is 17.0 Å². The number of carbonyl (C=O) groups excluding carboxylic acids is 1. The van der Waals surface area contributed by atoms with Gasteiger partial charge in [0.05, 0.1) is 24.7 Å². The van der Waals surface area contributed by atoms with Gasteiger partial charge in [-0.3, -0.25) is 4.79 Å². The summed E-state index contributed by atoms with van der Waals surface area (Å²) < 4.78 is 7.01. The van der Waals surface area contributed by atoms with Gasteiger partial charge >= 0.3 is 0 Å². The van der Waals surface area contributed by atoms with E-state index in [9.17, 15) is 4.79 Å². The molecule has 0 bridgehead atoms. The summed E-state index contributed by atoms with van der Waals surface area (Å²) in [6.45, 7) is 1.96. The van der Waals surface area contributed by atoms with E-state index in [0.29, 0.717) is 22.6 Å². The minimum absolute atomic E-state index is 0.286. The highest BCUT2D eigenvalue weighted by atomic mass is 16.5. The van der Waals surface area contributed by atoms with Gasteiger partial charge in [-0.15, -0.1) is 0 Å². The smallest absolute Gasteiger partial charge is 0.261 e. The highest BCUT2D eigenvalue weighted by Gasteiger charge is 2.17. The summed E-state index contributed by atoms with van der Waals surface area (Å²) in [6, 6.07) is 17.4. The number of carbonyl (C=O) groups is 1. The number of aryl methyl sites for hydroxylation is 1. The molecule has 134 valence electrons. The van der Waals surface area contributed by atoms with Gasteiger partial charge in [-0.1, -0.05) is 36.4 Å². The van der Waals surface area contributed by atoms with Crippen LogP contribution in [0, 0.1) is 6.92 Å². The van der Waals surface area contributed by atoms with Gasteiger partial charge in [0.15, 0.2) is 5.65 Å². The minimum atomic E-state index is -0.286. The lowest BCUT2D eigenvalue weighted by Gasteiger charge is -2.10. The van der Waals surface area contributed by atoms with Gasteiger partial charge in [-0.25, -0.2) is 9.50 Å². The molecule has 27 heavy (non-hydrogen) atoms. The number of anilines is 1. The third-order valence-electron chi connectivity index (χ3n) is 4.32. The molecule has 0 aliphatic carbocycles. The van der Waals surface area contributed by atoms with E-state index in [0.717, 1.165) is 16.8 Å². The van der Waals surface area contributed by atoms with Crippen LogP contribution in [-0.2, 0) is 0 Å². The van der Waals surface area contributed by atoms with Gasteiger partial charge in [0, 0.05) is 11.8 Å². The van der Waals surface area contributed by atoms with Crippen LogP contribution in [0.15, 0.2) is 67.0 Å². The Morgan fingerprint density at radius 3 is 2.70 bits per heavy atom. The van der Waals surface area contributed by atoms with E-state index in [1.807, 2.05) is 61.5 Å². The number of methoxy groups -OCH3 is 1. The first-order valence-corrected chi connectivity index (χ1v) is 8.51. The maximum atomic E-state index is 12.9. The van der Waals surface area contributed by atoms with Gasteiger partial charge in [-0.2, -0.15) is 5.10 Å². The zero-order chi connectivity index (χ0) is 18.8. The SMILES string of the molecule is COc1ccc(C)cc1NC(=O)c1cnn2c(-c3ccccc3)ccnc12. The molecule has 2 aromatic heterocycles. The molecule has 4 rings (SSSR count). The number of amides is 1. The molecule has 4 aromatic rings. The molecule has 0 saturated carbocycles. The molecular formula is C21H18N4O2. The molecule has 0 saturated heterocycles. The monoisotopic (exact) mass is 358 g/mol. The maximum absolute atomic E-state index is 12.9. The zero-order valence-corrected chi connectivity index (χ0v) is 15.0. The second kappa shape index (κ2) is 6.92. The fourth-order valence-corrected chi connectivity index (χ4v) is 2.99. The topological polar surface area (TPSA) is 68.5 Å². The third kappa shape index (κ3) is 3.13. The van der Waals surface area contributed by atoms with E-state index in [4.69, 9.17) is 4.74 Å². The number of hydrogen-bond donors (Lipinski definition) is 1. The van der Waals surface area contributed by atoms with Crippen LogP contribution in [0.5, 0.6) is 5.75 Å². The van der Waals surface area contributed by atoms with E-state index >= 15 is 0 Å². The number of fused-ring (bicyclic) bond motifs is 1. The van der Waals surface area contributed by atoms with Crippen molar-refractivity contribution in [3.05, 3.63) is 78.1 Å². The van der Waals surface area contributed by atoms with Crippen molar-refractivity contribution in [2.24, 2.45) is 0 Å². The highest BCUT2D eigenvalue weighted by Crippen LogP contribution is 2.26. The molecule has 0 radical (unpaired) electrons. The Bertz CT molecular complexity index is 1120. The molecule has 6 nitrogen and oxygen atoms in total. The van der Waals surface area contributed by atoms with E-state index in [1.165, 1.54) is 6.20 Å². The summed E-state index contributed by atoms with van der Waals surface area (Å²) in [5.41, 5.74) is 4.40. The van der Waals surface area contributed by atoms with Gasteiger partial charge in [-0.05, 0) is 30.7 Å². The van der Waals surface area contributed by atoms with Crippen molar-refractivity contribution >= 4 is 17.2 Å². The number of nitrogens with zero attached hydrogens (tertiary/aromatic N) is 3. The standard InChI is InChI=1S/C21H18N4O2/c1-14-8-9-19(27-2)17(12-14)24-21(26)16-13-23-25-18(10-11-22-20(16)25)15-6-4-3-5-7-15/h3-13H,1-2H3,(H,24,26). The Morgan fingerprint density at radius 2 is 1.93 bits per heavy atom. The second-order valence-corrected chi connectivity index (χ2v) is 6.15.